The molecular formula is C18H22N2O4. The van der Waals surface area contributed by atoms with Crippen molar-refractivity contribution in [2.45, 2.75) is 6.54 Å². The largest absolute Gasteiger partial charge is 0.497 e. The van der Waals surface area contributed by atoms with Crippen molar-refractivity contribution in [3.05, 3.63) is 54.1 Å². The third-order valence-corrected chi connectivity index (χ3v) is 3.30. The first kappa shape index (κ1) is 17.5. The van der Waals surface area contributed by atoms with Crippen molar-refractivity contribution in [2.75, 3.05) is 27.4 Å². The maximum atomic E-state index is 11.7. The molecule has 2 rings (SSSR count). The molecule has 6 heteroatoms. The molecule has 2 aromatic rings. The summed E-state index contributed by atoms with van der Waals surface area (Å²) < 4.78 is 15.8. The highest BCUT2D eigenvalue weighted by Crippen LogP contribution is 2.16. The Balaban J connectivity index is 1.63. The quantitative estimate of drug-likeness (QED) is 0.730. The van der Waals surface area contributed by atoms with Gasteiger partial charge in [-0.3, -0.25) is 0 Å². The summed E-state index contributed by atoms with van der Waals surface area (Å²) in [5, 5.41) is 5.53. The average molecular weight is 330 g/mol. The third kappa shape index (κ3) is 5.72. The van der Waals surface area contributed by atoms with Crippen LogP contribution in [-0.4, -0.2) is 33.4 Å². The van der Waals surface area contributed by atoms with Crippen LogP contribution in [0.25, 0.3) is 0 Å². The molecule has 6 nitrogen and oxygen atoms in total. The number of carbonyl (C=O) groups is 1. The van der Waals surface area contributed by atoms with E-state index in [1.54, 1.807) is 14.2 Å². The summed E-state index contributed by atoms with van der Waals surface area (Å²) in [7, 11) is 3.23. The Morgan fingerprint density at radius 1 is 0.917 bits per heavy atom. The van der Waals surface area contributed by atoms with Crippen molar-refractivity contribution in [3.63, 3.8) is 0 Å². The fraction of sp³-hybridized carbons (Fsp3) is 0.278. The van der Waals surface area contributed by atoms with Gasteiger partial charge in [-0.2, -0.15) is 0 Å². The van der Waals surface area contributed by atoms with Gasteiger partial charge in [0.2, 0.25) is 0 Å². The normalized spacial score (nSPS) is 9.92. The second kappa shape index (κ2) is 9.29. The second-order valence-corrected chi connectivity index (χ2v) is 4.98. The maximum absolute atomic E-state index is 11.7. The fourth-order valence-electron chi connectivity index (χ4n) is 2.03. The van der Waals surface area contributed by atoms with E-state index in [9.17, 15) is 4.79 Å². The number of urea groups is 1. The van der Waals surface area contributed by atoms with E-state index in [2.05, 4.69) is 10.6 Å². The van der Waals surface area contributed by atoms with E-state index in [0.29, 0.717) is 19.7 Å². The van der Waals surface area contributed by atoms with Crippen molar-refractivity contribution in [1.29, 1.82) is 0 Å². The smallest absolute Gasteiger partial charge is 0.315 e. The molecule has 0 aromatic heterocycles. The number of amides is 2. The lowest BCUT2D eigenvalue weighted by Gasteiger charge is -2.10. The number of hydrogen-bond acceptors (Lipinski definition) is 4. The zero-order valence-electron chi connectivity index (χ0n) is 13.9. The van der Waals surface area contributed by atoms with E-state index in [1.807, 2.05) is 48.5 Å². The molecule has 0 fully saturated rings. The van der Waals surface area contributed by atoms with Gasteiger partial charge in [0.25, 0.3) is 0 Å². The summed E-state index contributed by atoms with van der Waals surface area (Å²) in [5.74, 6) is 2.27. The van der Waals surface area contributed by atoms with Gasteiger partial charge >= 0.3 is 6.03 Å². The number of ether oxygens (including phenoxy) is 3. The van der Waals surface area contributed by atoms with Gasteiger partial charge in [0.15, 0.2) is 0 Å². The van der Waals surface area contributed by atoms with Crippen LogP contribution in [0.15, 0.2) is 48.5 Å². The molecule has 0 aliphatic heterocycles. The molecule has 0 aliphatic rings. The lowest BCUT2D eigenvalue weighted by Crippen LogP contribution is -2.37. The molecule has 0 aliphatic carbocycles. The molecule has 2 N–H and O–H groups in total. The van der Waals surface area contributed by atoms with Crippen molar-refractivity contribution in [2.24, 2.45) is 0 Å². The Bertz CT molecular complexity index is 644. The molecule has 2 amide bonds. The van der Waals surface area contributed by atoms with Gasteiger partial charge in [0.1, 0.15) is 23.9 Å². The molecule has 2 aromatic carbocycles. The van der Waals surface area contributed by atoms with Crippen LogP contribution in [0.5, 0.6) is 17.2 Å². The number of methoxy groups -OCH3 is 2. The fourth-order valence-corrected chi connectivity index (χ4v) is 2.03. The highest BCUT2D eigenvalue weighted by atomic mass is 16.5. The second-order valence-electron chi connectivity index (χ2n) is 4.98. The van der Waals surface area contributed by atoms with Crippen LogP contribution < -0.4 is 24.8 Å². The zero-order chi connectivity index (χ0) is 17.2. The topological polar surface area (TPSA) is 68.8 Å². The van der Waals surface area contributed by atoms with E-state index >= 15 is 0 Å². The van der Waals surface area contributed by atoms with Crippen LogP contribution >= 0.6 is 0 Å². The molecule has 0 saturated heterocycles. The summed E-state index contributed by atoms with van der Waals surface area (Å²) in [6, 6.07) is 14.6. The van der Waals surface area contributed by atoms with E-state index < -0.39 is 0 Å². The predicted molar refractivity (Wildman–Crippen MR) is 91.7 cm³/mol. The van der Waals surface area contributed by atoms with Crippen molar-refractivity contribution < 1.29 is 19.0 Å². The molecule has 0 bridgehead atoms. The molecule has 128 valence electrons. The Kier molecular flexibility index (Phi) is 6.76. The van der Waals surface area contributed by atoms with Gasteiger partial charge < -0.3 is 24.8 Å². The van der Waals surface area contributed by atoms with Gasteiger partial charge in [-0.25, -0.2) is 4.79 Å². The average Bonchev–Trinajstić information content (AvgIpc) is 2.64. The number of benzene rings is 2. The minimum Gasteiger partial charge on any atom is -0.497 e. The highest BCUT2D eigenvalue weighted by Gasteiger charge is 2.01. The van der Waals surface area contributed by atoms with Crippen molar-refractivity contribution in [1.82, 2.24) is 10.6 Å². The maximum Gasteiger partial charge on any atom is 0.315 e. The van der Waals surface area contributed by atoms with Crippen LogP contribution in [0, 0.1) is 0 Å². The van der Waals surface area contributed by atoms with Crippen LogP contribution in [0.4, 0.5) is 4.79 Å². The summed E-state index contributed by atoms with van der Waals surface area (Å²) in [6.07, 6.45) is 0. The first-order valence-corrected chi connectivity index (χ1v) is 7.63. The van der Waals surface area contributed by atoms with Gasteiger partial charge in [0, 0.05) is 6.54 Å². The molecular weight excluding hydrogens is 308 g/mol. The number of hydrogen-bond donors (Lipinski definition) is 2. The van der Waals surface area contributed by atoms with Gasteiger partial charge in [0.05, 0.1) is 20.8 Å². The predicted octanol–water partition coefficient (Wildman–Crippen LogP) is 2.58. The SMILES string of the molecule is COc1ccc(OCCNC(=O)NCc2cccc(OC)c2)cc1. The van der Waals surface area contributed by atoms with Gasteiger partial charge in [-0.1, -0.05) is 12.1 Å². The van der Waals surface area contributed by atoms with Crippen molar-refractivity contribution in [3.8, 4) is 17.2 Å². The highest BCUT2D eigenvalue weighted by molar-refractivity contribution is 5.73. The lowest BCUT2D eigenvalue weighted by molar-refractivity contribution is 0.236. The Labute approximate surface area is 141 Å². The van der Waals surface area contributed by atoms with E-state index in [-0.39, 0.29) is 6.03 Å². The summed E-state index contributed by atoms with van der Waals surface area (Å²) in [4.78, 5) is 11.7. The van der Waals surface area contributed by atoms with Gasteiger partial charge in [-0.05, 0) is 42.0 Å². The standard InChI is InChI=1S/C18H22N2O4/c1-22-15-6-8-16(9-7-15)24-11-10-19-18(21)20-13-14-4-3-5-17(12-14)23-2/h3-9,12H,10-11,13H2,1-2H3,(H2,19,20,21). The van der Waals surface area contributed by atoms with Crippen LogP contribution in [0.2, 0.25) is 0 Å². The molecule has 0 atom stereocenters. The first-order valence-electron chi connectivity index (χ1n) is 7.63. The Hall–Kier alpha value is -2.89. The van der Waals surface area contributed by atoms with Gasteiger partial charge in [-0.15, -0.1) is 0 Å². The minimum absolute atomic E-state index is 0.240. The van der Waals surface area contributed by atoms with E-state index in [0.717, 1.165) is 22.8 Å². The number of carbonyl (C=O) groups excluding carboxylic acids is 1. The third-order valence-electron chi connectivity index (χ3n) is 3.30. The van der Waals surface area contributed by atoms with E-state index in [1.165, 1.54) is 0 Å². The van der Waals surface area contributed by atoms with Crippen LogP contribution in [0.1, 0.15) is 5.56 Å². The monoisotopic (exact) mass is 330 g/mol. The minimum atomic E-state index is -0.240. The first-order chi connectivity index (χ1) is 11.7. The lowest BCUT2D eigenvalue weighted by atomic mass is 10.2. The summed E-state index contributed by atoms with van der Waals surface area (Å²) in [5.41, 5.74) is 0.971. The summed E-state index contributed by atoms with van der Waals surface area (Å²) in [6.45, 7) is 1.23. The van der Waals surface area contributed by atoms with E-state index in [4.69, 9.17) is 14.2 Å². The zero-order valence-corrected chi connectivity index (χ0v) is 13.9. The molecule has 0 radical (unpaired) electrons. The van der Waals surface area contributed by atoms with Crippen LogP contribution in [-0.2, 0) is 6.54 Å². The Morgan fingerprint density at radius 3 is 2.33 bits per heavy atom. The number of rotatable bonds is 8. The molecule has 0 heterocycles. The molecule has 0 unspecified atom stereocenters. The molecule has 0 saturated carbocycles. The van der Waals surface area contributed by atoms with Crippen molar-refractivity contribution >= 4 is 6.03 Å². The molecule has 24 heavy (non-hydrogen) atoms. The van der Waals surface area contributed by atoms with Crippen LogP contribution in [0.3, 0.4) is 0 Å². The summed E-state index contributed by atoms with van der Waals surface area (Å²) >= 11 is 0. The Morgan fingerprint density at radius 2 is 1.62 bits per heavy atom. The molecule has 0 spiro atoms. The number of nitrogens with one attached hydrogen (secondary N) is 2.